The minimum atomic E-state index is -0.656. The average Bonchev–Trinajstić information content (AvgIpc) is 3.07. The van der Waals surface area contributed by atoms with Crippen LogP contribution >= 0.6 is 23.1 Å². The molecule has 2 aromatic rings. The third-order valence-corrected chi connectivity index (χ3v) is 4.85. The van der Waals surface area contributed by atoms with Crippen LogP contribution in [0, 0.1) is 5.82 Å². The van der Waals surface area contributed by atoms with E-state index in [1.54, 1.807) is 13.0 Å². The fourth-order valence-electron chi connectivity index (χ4n) is 2.63. The van der Waals surface area contributed by atoms with E-state index < -0.39 is 17.5 Å². The van der Waals surface area contributed by atoms with E-state index in [1.165, 1.54) is 18.3 Å². The Bertz CT molecular complexity index is 768. The number of amides is 1. The first-order valence-corrected chi connectivity index (χ1v) is 8.97. The van der Waals surface area contributed by atoms with Crippen LogP contribution in [-0.4, -0.2) is 22.1 Å². The first kappa shape index (κ1) is 19.5. The van der Waals surface area contributed by atoms with Crippen molar-refractivity contribution >= 4 is 34.8 Å². The Labute approximate surface area is 154 Å². The molecule has 0 aliphatic heterocycles. The van der Waals surface area contributed by atoms with Crippen molar-refractivity contribution in [2.45, 2.75) is 38.8 Å². The molecule has 2 rings (SSSR count). The van der Waals surface area contributed by atoms with Gasteiger partial charge in [-0.25, -0.2) is 8.76 Å². The number of carbonyl (C=O) groups is 2. The number of primary amides is 1. The lowest BCUT2D eigenvalue weighted by Gasteiger charge is -2.23. The monoisotopic (exact) mass is 383 g/mol. The van der Waals surface area contributed by atoms with Gasteiger partial charge in [-0.05, 0) is 37.0 Å². The van der Waals surface area contributed by atoms with E-state index in [9.17, 15) is 9.59 Å². The minimum Gasteiger partial charge on any atom is -0.370 e. The number of carbonyl (C=O) groups excluding carboxylic acids is 2. The van der Waals surface area contributed by atoms with E-state index >= 15 is 4.39 Å². The van der Waals surface area contributed by atoms with E-state index in [2.05, 4.69) is 9.69 Å². The Morgan fingerprint density at radius 3 is 2.68 bits per heavy atom. The van der Waals surface area contributed by atoms with Crippen LogP contribution in [0.1, 0.15) is 53.5 Å². The van der Waals surface area contributed by atoms with Gasteiger partial charge in [0.15, 0.2) is 0 Å². The molecule has 0 bridgehead atoms. The molecule has 25 heavy (non-hydrogen) atoms. The Morgan fingerprint density at radius 2 is 2.12 bits per heavy atom. The number of nitrogens with two attached hydrogens (primary N) is 1. The van der Waals surface area contributed by atoms with E-state index in [4.69, 9.17) is 17.3 Å². The Balaban J connectivity index is 2.36. The first-order valence-electron chi connectivity index (χ1n) is 7.82. The maximum Gasteiger partial charge on any atom is 0.218 e. The molecule has 0 fully saturated rings. The highest BCUT2D eigenvalue weighted by Crippen LogP contribution is 2.30. The van der Waals surface area contributed by atoms with Crippen LogP contribution in [-0.2, 0) is 4.79 Å². The summed E-state index contributed by atoms with van der Waals surface area (Å²) in [5.41, 5.74) is 5.37. The molecular weight excluding hydrogens is 365 g/mol. The van der Waals surface area contributed by atoms with Crippen LogP contribution < -0.4 is 11.1 Å². The smallest absolute Gasteiger partial charge is 0.218 e. The highest BCUT2D eigenvalue weighted by molar-refractivity contribution is 7.08. The molecule has 3 N–H and O–H groups in total. The number of rotatable bonds is 8. The second-order valence-electron chi connectivity index (χ2n) is 5.73. The van der Waals surface area contributed by atoms with E-state index in [0.29, 0.717) is 16.9 Å². The molecule has 0 aliphatic carbocycles. The third kappa shape index (κ3) is 4.62. The number of hydrogen-bond acceptors (Lipinski definition) is 5. The van der Waals surface area contributed by atoms with Crippen molar-refractivity contribution in [3.63, 3.8) is 0 Å². The van der Waals surface area contributed by atoms with Crippen LogP contribution in [0.25, 0.3) is 0 Å². The Morgan fingerprint density at radius 1 is 1.40 bits per heavy atom. The summed E-state index contributed by atoms with van der Waals surface area (Å²) in [5, 5.41) is 3.23. The summed E-state index contributed by atoms with van der Waals surface area (Å²) in [6.07, 6.45) is 2.18. The van der Waals surface area contributed by atoms with Gasteiger partial charge < -0.3 is 11.1 Å². The minimum absolute atomic E-state index is 0.0553. The standard InChI is InChI=1S/C17H19ClFN3O2S/c1-3-12(22-9(2)8-14(20)23)10-4-5-11(18)15(16(10)19)17(24)13-6-7-21-25-13/h4-7,9,12,22H,3,8H2,1-2H3,(H2,20,23)/t9-,12+/m0/s1. The third-order valence-electron chi connectivity index (χ3n) is 3.79. The molecule has 8 heteroatoms. The predicted octanol–water partition coefficient (Wildman–Crippen LogP) is 3.47. The van der Waals surface area contributed by atoms with Gasteiger partial charge in [0.1, 0.15) is 5.82 Å². The van der Waals surface area contributed by atoms with Gasteiger partial charge in [-0.15, -0.1) is 0 Å². The second kappa shape index (κ2) is 8.51. The normalized spacial score (nSPS) is 13.4. The summed E-state index contributed by atoms with van der Waals surface area (Å²) in [5.74, 6) is -1.59. The van der Waals surface area contributed by atoms with Gasteiger partial charge in [0.05, 0.1) is 15.5 Å². The maximum absolute atomic E-state index is 15.1. The Hall–Kier alpha value is -1.83. The van der Waals surface area contributed by atoms with Crippen LogP contribution in [0.4, 0.5) is 4.39 Å². The van der Waals surface area contributed by atoms with Crippen molar-refractivity contribution in [2.75, 3.05) is 0 Å². The molecule has 0 saturated carbocycles. The molecule has 0 spiro atoms. The zero-order valence-electron chi connectivity index (χ0n) is 13.9. The second-order valence-corrected chi connectivity index (χ2v) is 6.97. The zero-order chi connectivity index (χ0) is 18.6. The molecule has 0 aliphatic rings. The van der Waals surface area contributed by atoms with Gasteiger partial charge in [-0.3, -0.25) is 9.59 Å². The molecule has 0 saturated heterocycles. The van der Waals surface area contributed by atoms with Gasteiger partial charge in [0.2, 0.25) is 11.7 Å². The van der Waals surface area contributed by atoms with Gasteiger partial charge in [-0.2, -0.15) is 0 Å². The molecule has 2 atom stereocenters. The summed E-state index contributed by atoms with van der Waals surface area (Å²) in [6, 6.07) is 3.99. The highest BCUT2D eigenvalue weighted by atomic mass is 35.5. The highest BCUT2D eigenvalue weighted by Gasteiger charge is 2.25. The number of halogens is 2. The summed E-state index contributed by atoms with van der Waals surface area (Å²) < 4.78 is 18.9. The number of hydrogen-bond donors (Lipinski definition) is 2. The molecule has 1 aromatic carbocycles. The molecule has 1 amide bonds. The molecular formula is C17H19ClFN3O2S. The number of aromatic nitrogens is 1. The van der Waals surface area contributed by atoms with Gasteiger partial charge in [0, 0.05) is 30.3 Å². The van der Waals surface area contributed by atoms with Gasteiger partial charge >= 0.3 is 0 Å². The van der Waals surface area contributed by atoms with Crippen LogP contribution in [0.15, 0.2) is 24.4 Å². The molecule has 0 unspecified atom stereocenters. The lowest BCUT2D eigenvalue weighted by Crippen LogP contribution is -2.34. The molecule has 134 valence electrons. The van der Waals surface area contributed by atoms with E-state index in [0.717, 1.165) is 11.5 Å². The predicted molar refractivity (Wildman–Crippen MR) is 96.4 cm³/mol. The number of ketones is 1. The van der Waals surface area contributed by atoms with Crippen molar-refractivity contribution in [1.29, 1.82) is 0 Å². The number of nitrogens with zero attached hydrogens (tertiary/aromatic N) is 1. The Kier molecular flexibility index (Phi) is 6.64. The van der Waals surface area contributed by atoms with Crippen molar-refractivity contribution in [3.8, 4) is 0 Å². The fraction of sp³-hybridized carbons (Fsp3) is 0.353. The van der Waals surface area contributed by atoms with Crippen LogP contribution in [0.3, 0.4) is 0 Å². The van der Waals surface area contributed by atoms with E-state index in [1.807, 2.05) is 6.92 Å². The van der Waals surface area contributed by atoms with Crippen molar-refractivity contribution in [2.24, 2.45) is 5.73 Å². The lowest BCUT2D eigenvalue weighted by molar-refractivity contribution is -0.118. The first-order chi connectivity index (χ1) is 11.8. The lowest BCUT2D eigenvalue weighted by atomic mass is 9.97. The van der Waals surface area contributed by atoms with Crippen LogP contribution in [0.2, 0.25) is 5.02 Å². The molecule has 0 radical (unpaired) electrons. The fourth-order valence-corrected chi connectivity index (χ4v) is 3.41. The van der Waals surface area contributed by atoms with Gasteiger partial charge in [-0.1, -0.05) is 24.6 Å². The molecule has 1 heterocycles. The van der Waals surface area contributed by atoms with Crippen molar-refractivity contribution < 1.29 is 14.0 Å². The quantitative estimate of drug-likeness (QED) is 0.683. The van der Waals surface area contributed by atoms with Crippen molar-refractivity contribution in [3.05, 3.63) is 51.2 Å². The molecule has 1 aromatic heterocycles. The maximum atomic E-state index is 15.1. The summed E-state index contributed by atoms with van der Waals surface area (Å²) in [6.45, 7) is 3.68. The topological polar surface area (TPSA) is 85.1 Å². The van der Waals surface area contributed by atoms with Crippen molar-refractivity contribution in [1.82, 2.24) is 9.69 Å². The number of benzene rings is 1. The van der Waals surface area contributed by atoms with Crippen LogP contribution in [0.5, 0.6) is 0 Å². The largest absolute Gasteiger partial charge is 0.370 e. The average molecular weight is 384 g/mol. The summed E-state index contributed by atoms with van der Waals surface area (Å²) >= 11 is 7.07. The zero-order valence-corrected chi connectivity index (χ0v) is 15.5. The SMILES string of the molecule is CC[C@@H](N[C@@H](C)CC(N)=O)c1ccc(Cl)c(C(=O)c2ccns2)c1F. The summed E-state index contributed by atoms with van der Waals surface area (Å²) in [4.78, 5) is 23.9. The van der Waals surface area contributed by atoms with E-state index in [-0.39, 0.29) is 29.1 Å². The molecule has 5 nitrogen and oxygen atoms in total. The number of nitrogens with one attached hydrogen (secondary N) is 1. The summed E-state index contributed by atoms with van der Waals surface area (Å²) in [7, 11) is 0. The van der Waals surface area contributed by atoms with Gasteiger partial charge in [0.25, 0.3) is 0 Å².